The van der Waals surface area contributed by atoms with Gasteiger partial charge in [-0.3, -0.25) is 0 Å². The second-order valence-corrected chi connectivity index (χ2v) is 19.7. The maximum Gasteiger partial charge on any atom is 0.0463 e. The zero-order valence-corrected chi connectivity index (χ0v) is 38.3. The Kier molecular flexibility index (Phi) is 11.3. The van der Waals surface area contributed by atoms with Gasteiger partial charge in [0, 0.05) is 34.1 Å². The van der Waals surface area contributed by atoms with E-state index >= 15 is 0 Å². The van der Waals surface area contributed by atoms with Crippen molar-refractivity contribution in [2.24, 2.45) is 11.8 Å². The molecule has 0 aliphatic heterocycles. The van der Waals surface area contributed by atoms with Crippen LogP contribution in [0.5, 0.6) is 0 Å². The van der Waals surface area contributed by atoms with Crippen LogP contribution in [-0.2, 0) is 17.3 Å². The van der Waals surface area contributed by atoms with Crippen molar-refractivity contribution in [3.63, 3.8) is 0 Å². The molecule has 12 rings (SSSR count). The summed E-state index contributed by atoms with van der Waals surface area (Å²) in [6.07, 6.45) is 13.5. The summed E-state index contributed by atoms with van der Waals surface area (Å²) in [5.74, 6) is 1.60. The van der Waals surface area contributed by atoms with Crippen LogP contribution in [0.15, 0.2) is 213 Å². The van der Waals surface area contributed by atoms with Gasteiger partial charge < -0.3 is 9.80 Å². The van der Waals surface area contributed by atoms with Gasteiger partial charge in [-0.2, -0.15) is 0 Å². The van der Waals surface area contributed by atoms with Gasteiger partial charge in [-0.05, 0) is 191 Å². The Labute approximate surface area is 392 Å². The molecule has 0 spiro atoms. The van der Waals surface area contributed by atoms with E-state index in [-0.39, 0.29) is 10.8 Å². The molecule has 4 aliphatic carbocycles. The van der Waals surface area contributed by atoms with Crippen molar-refractivity contribution in [2.75, 3.05) is 9.80 Å². The Morgan fingerprint density at radius 3 is 1.18 bits per heavy atom. The first kappa shape index (κ1) is 41.8. The van der Waals surface area contributed by atoms with Crippen LogP contribution in [-0.4, -0.2) is 0 Å². The van der Waals surface area contributed by atoms with Gasteiger partial charge in [0.05, 0.1) is 0 Å². The molecule has 4 fully saturated rings. The Morgan fingerprint density at radius 1 is 0.439 bits per heavy atom. The number of rotatable bonds is 14. The summed E-state index contributed by atoms with van der Waals surface area (Å²) in [6, 6.07) is 76.9. The van der Waals surface area contributed by atoms with E-state index in [0.29, 0.717) is 0 Å². The molecule has 8 aromatic rings. The van der Waals surface area contributed by atoms with E-state index in [1.165, 1.54) is 102 Å². The molecule has 2 heteroatoms. The fraction of sp³-hybridized carbons (Fsp3) is 0.219. The molecule has 4 aliphatic rings. The van der Waals surface area contributed by atoms with Crippen molar-refractivity contribution in [1.29, 1.82) is 0 Å². The van der Waals surface area contributed by atoms with Crippen molar-refractivity contribution < 1.29 is 0 Å². The Morgan fingerprint density at radius 2 is 0.788 bits per heavy atom. The maximum atomic E-state index is 4.03. The second kappa shape index (κ2) is 17.8. The summed E-state index contributed by atoms with van der Waals surface area (Å²) < 4.78 is 0. The lowest BCUT2D eigenvalue weighted by molar-refractivity contribution is -0.0281. The first-order valence-corrected chi connectivity index (χ1v) is 24.4. The number of benzene rings is 8. The molecule has 2 atom stereocenters. The van der Waals surface area contributed by atoms with Gasteiger partial charge in [0.1, 0.15) is 0 Å². The number of hydrogen-bond acceptors (Lipinski definition) is 2. The molecule has 0 N–H and O–H groups in total. The molecule has 0 saturated heterocycles. The number of aryl methyl sites for hydroxylation is 1. The smallest absolute Gasteiger partial charge is 0.0463 e. The molecule has 66 heavy (non-hydrogen) atoms. The summed E-state index contributed by atoms with van der Waals surface area (Å²) in [5.41, 5.74) is 17.9. The molecule has 0 aromatic heterocycles. The summed E-state index contributed by atoms with van der Waals surface area (Å²) in [4.78, 5) is 4.83. The molecule has 2 unspecified atom stereocenters. The van der Waals surface area contributed by atoms with E-state index in [2.05, 4.69) is 230 Å². The van der Waals surface area contributed by atoms with Crippen LogP contribution in [0, 0.1) is 11.8 Å². The minimum absolute atomic E-state index is 0.231. The first-order chi connectivity index (χ1) is 32.5. The van der Waals surface area contributed by atoms with Gasteiger partial charge in [-0.15, -0.1) is 0 Å². The predicted molar refractivity (Wildman–Crippen MR) is 280 cm³/mol. The summed E-state index contributed by atoms with van der Waals surface area (Å²) >= 11 is 0. The SMILES string of the molecule is C=Cc1ccc(C23CC4CC(C2)CC(c2ccc(N(c5ccc(CCCC)cc5)c5ccc(N(c6ccc(-c7ccccc7)cc6)c6ccc(-c7ccccc7)cc6)cc5)cc2)(C4)C3)cc1. The topological polar surface area (TPSA) is 6.48 Å². The number of unbranched alkanes of at least 4 members (excludes halogenated alkanes) is 1. The van der Waals surface area contributed by atoms with Crippen LogP contribution < -0.4 is 9.80 Å². The molecule has 4 saturated carbocycles. The van der Waals surface area contributed by atoms with Gasteiger partial charge in [-0.25, -0.2) is 0 Å². The van der Waals surface area contributed by atoms with Crippen LogP contribution in [0.2, 0.25) is 0 Å². The monoisotopic (exact) mass is 856 g/mol. The van der Waals surface area contributed by atoms with E-state index in [1.54, 1.807) is 5.56 Å². The van der Waals surface area contributed by atoms with Gasteiger partial charge in [0.15, 0.2) is 0 Å². The standard InChI is InChI=1S/C64H60N2/c1-3-5-12-48-19-29-57(30-20-48)65(60-35-27-56(28-36-60)64-44-49-41-50(45-64)43-63(42-49,46-64)55-25-17-47(4-2)18-26-55)61-37-39-62(40-38-61)66(58-31-21-53(22-32-58)51-13-8-6-9-14-51)59-33-23-54(24-34-59)52-15-10-7-11-16-52/h4,6-11,13-40,49-50H,2-3,5,12,41-46H2,1H3. The fourth-order valence-electron chi connectivity index (χ4n) is 12.6. The second-order valence-electron chi connectivity index (χ2n) is 19.7. The van der Waals surface area contributed by atoms with E-state index in [4.69, 9.17) is 0 Å². The molecule has 8 aromatic carbocycles. The van der Waals surface area contributed by atoms with Gasteiger partial charge in [-0.1, -0.05) is 159 Å². The minimum atomic E-state index is 0.231. The van der Waals surface area contributed by atoms with Crippen LogP contribution in [0.1, 0.15) is 80.5 Å². The molecular weight excluding hydrogens is 797 g/mol. The van der Waals surface area contributed by atoms with Gasteiger partial charge in [0.2, 0.25) is 0 Å². The molecule has 0 radical (unpaired) electrons. The lowest BCUT2D eigenvalue weighted by Crippen LogP contribution is -2.55. The lowest BCUT2D eigenvalue weighted by Gasteiger charge is -2.63. The molecule has 0 heterocycles. The highest BCUT2D eigenvalue weighted by atomic mass is 15.2. The third-order valence-corrected chi connectivity index (χ3v) is 15.4. The zero-order chi connectivity index (χ0) is 44.5. The van der Waals surface area contributed by atoms with Crippen molar-refractivity contribution in [2.45, 2.75) is 75.5 Å². The van der Waals surface area contributed by atoms with Crippen molar-refractivity contribution in [3.05, 3.63) is 235 Å². The lowest BCUT2D eigenvalue weighted by atomic mass is 9.42. The normalized spacial score (nSPS) is 20.5. The Bertz CT molecular complexity index is 2780. The Balaban J connectivity index is 0.940. The third-order valence-electron chi connectivity index (χ3n) is 15.4. The van der Waals surface area contributed by atoms with Crippen LogP contribution in [0.3, 0.4) is 0 Å². The summed E-state index contributed by atoms with van der Waals surface area (Å²) in [7, 11) is 0. The van der Waals surface area contributed by atoms with Crippen LogP contribution >= 0.6 is 0 Å². The van der Waals surface area contributed by atoms with Crippen LogP contribution in [0.25, 0.3) is 28.3 Å². The summed E-state index contributed by atoms with van der Waals surface area (Å²) in [6.45, 7) is 6.30. The molecular formula is C64H60N2. The van der Waals surface area contributed by atoms with E-state index in [9.17, 15) is 0 Å². The first-order valence-electron chi connectivity index (χ1n) is 24.4. The van der Waals surface area contributed by atoms with Crippen LogP contribution in [0.4, 0.5) is 34.1 Å². The maximum absolute atomic E-state index is 4.03. The molecule has 326 valence electrons. The number of nitrogens with zero attached hydrogens (tertiary/aromatic N) is 2. The molecule has 2 nitrogen and oxygen atoms in total. The average molecular weight is 857 g/mol. The largest absolute Gasteiger partial charge is 0.311 e. The van der Waals surface area contributed by atoms with Crippen molar-refractivity contribution in [1.82, 2.24) is 0 Å². The minimum Gasteiger partial charge on any atom is -0.311 e. The fourth-order valence-corrected chi connectivity index (χ4v) is 12.6. The number of hydrogen-bond donors (Lipinski definition) is 0. The molecule has 0 amide bonds. The van der Waals surface area contributed by atoms with E-state index in [0.717, 1.165) is 41.0 Å². The molecule has 4 bridgehead atoms. The number of anilines is 6. The Hall–Kier alpha value is -6.90. The highest BCUT2D eigenvalue weighted by Crippen LogP contribution is 2.66. The van der Waals surface area contributed by atoms with Crippen molar-refractivity contribution >= 4 is 40.2 Å². The highest BCUT2D eigenvalue weighted by molar-refractivity contribution is 5.83. The summed E-state index contributed by atoms with van der Waals surface area (Å²) in [5, 5.41) is 0. The van der Waals surface area contributed by atoms with Crippen molar-refractivity contribution in [3.8, 4) is 22.3 Å². The predicted octanol–water partition coefficient (Wildman–Crippen LogP) is 17.7. The van der Waals surface area contributed by atoms with Gasteiger partial charge in [0.25, 0.3) is 0 Å². The van der Waals surface area contributed by atoms with E-state index in [1.807, 2.05) is 6.08 Å². The zero-order valence-electron chi connectivity index (χ0n) is 38.3. The van der Waals surface area contributed by atoms with Gasteiger partial charge >= 0.3 is 0 Å². The quantitative estimate of drug-likeness (QED) is 0.107. The average Bonchev–Trinajstić information content (AvgIpc) is 3.37. The highest BCUT2D eigenvalue weighted by Gasteiger charge is 2.58. The third kappa shape index (κ3) is 8.08. The van der Waals surface area contributed by atoms with E-state index < -0.39 is 0 Å².